The lowest BCUT2D eigenvalue weighted by molar-refractivity contribution is -0.132. The second kappa shape index (κ2) is 10.7. The summed E-state index contributed by atoms with van der Waals surface area (Å²) in [6.45, 7) is 6.50. The molecular formula is C22H31NO5. The van der Waals surface area contributed by atoms with Crippen molar-refractivity contribution >= 4 is 16.9 Å². The Bertz CT molecular complexity index is 856. The van der Waals surface area contributed by atoms with Crippen LogP contribution in [-0.2, 0) is 11.3 Å². The zero-order valence-corrected chi connectivity index (χ0v) is 17.4. The van der Waals surface area contributed by atoms with Crippen molar-refractivity contribution in [1.29, 1.82) is 0 Å². The van der Waals surface area contributed by atoms with E-state index in [9.17, 15) is 9.59 Å². The highest BCUT2D eigenvalue weighted by atomic mass is 16.6. The van der Waals surface area contributed by atoms with E-state index in [2.05, 4.69) is 13.8 Å². The molecule has 0 N–H and O–H groups in total. The van der Waals surface area contributed by atoms with Crippen molar-refractivity contribution in [2.45, 2.75) is 65.8 Å². The summed E-state index contributed by atoms with van der Waals surface area (Å²) < 4.78 is 18.2. The van der Waals surface area contributed by atoms with Gasteiger partial charge in [0.2, 0.25) is 5.75 Å². The zero-order valence-electron chi connectivity index (χ0n) is 17.4. The minimum Gasteiger partial charge on any atom is -0.497 e. The van der Waals surface area contributed by atoms with Crippen molar-refractivity contribution in [2.75, 3.05) is 13.7 Å². The number of pyridine rings is 1. The SMILES string of the molecule is CCCCCCn1c(=O)c(OC(C)=O)c(OCCCC)c2ccc(OC)cc21. The van der Waals surface area contributed by atoms with Crippen LogP contribution in [0.3, 0.4) is 0 Å². The number of unbranched alkanes of at least 4 members (excludes halogenated alkanes) is 4. The molecule has 0 saturated heterocycles. The smallest absolute Gasteiger partial charge is 0.308 e. The Kier molecular flexibility index (Phi) is 8.36. The summed E-state index contributed by atoms with van der Waals surface area (Å²) >= 11 is 0. The van der Waals surface area contributed by atoms with Gasteiger partial charge in [0.25, 0.3) is 5.56 Å². The number of hydrogen-bond donors (Lipinski definition) is 0. The number of hydrogen-bond acceptors (Lipinski definition) is 5. The van der Waals surface area contributed by atoms with E-state index >= 15 is 0 Å². The summed E-state index contributed by atoms with van der Waals surface area (Å²) in [6, 6.07) is 5.50. The number of methoxy groups -OCH3 is 1. The summed E-state index contributed by atoms with van der Waals surface area (Å²) in [6.07, 6.45) is 5.94. The Hall–Kier alpha value is -2.50. The Balaban J connectivity index is 2.63. The number of aryl methyl sites for hydroxylation is 1. The molecule has 0 aliphatic carbocycles. The maximum atomic E-state index is 13.2. The number of carbonyl (C=O) groups excluding carboxylic acids is 1. The quantitative estimate of drug-likeness (QED) is 0.412. The van der Waals surface area contributed by atoms with Gasteiger partial charge in [-0.2, -0.15) is 0 Å². The van der Waals surface area contributed by atoms with Crippen LogP contribution in [0.4, 0.5) is 0 Å². The Labute approximate surface area is 166 Å². The van der Waals surface area contributed by atoms with Crippen molar-refractivity contribution in [3.63, 3.8) is 0 Å². The van der Waals surface area contributed by atoms with E-state index in [4.69, 9.17) is 14.2 Å². The molecule has 0 bridgehead atoms. The molecule has 0 unspecified atom stereocenters. The standard InChI is InChI=1S/C22H31NO5/c1-5-7-9-10-13-23-19-15-17(26-4)11-12-18(19)20(27-14-8-6-2)21(22(23)25)28-16(3)24/h11-12,15H,5-10,13-14H2,1-4H3. The highest BCUT2D eigenvalue weighted by Crippen LogP contribution is 2.35. The largest absolute Gasteiger partial charge is 0.497 e. The van der Waals surface area contributed by atoms with Crippen LogP contribution in [-0.4, -0.2) is 24.3 Å². The molecule has 0 aliphatic rings. The van der Waals surface area contributed by atoms with Crippen LogP contribution < -0.4 is 19.8 Å². The van der Waals surface area contributed by atoms with Crippen molar-refractivity contribution in [1.82, 2.24) is 4.57 Å². The number of ether oxygens (including phenoxy) is 3. The minimum absolute atomic E-state index is 0.0308. The van der Waals surface area contributed by atoms with E-state index in [-0.39, 0.29) is 11.3 Å². The van der Waals surface area contributed by atoms with Gasteiger partial charge in [-0.05, 0) is 25.0 Å². The summed E-state index contributed by atoms with van der Waals surface area (Å²) in [4.78, 5) is 24.8. The molecule has 1 aromatic carbocycles. The Morgan fingerprint density at radius 1 is 1.04 bits per heavy atom. The molecule has 28 heavy (non-hydrogen) atoms. The first-order valence-corrected chi connectivity index (χ1v) is 10.1. The molecule has 1 aromatic heterocycles. The third-order valence-corrected chi connectivity index (χ3v) is 4.61. The minimum atomic E-state index is -0.539. The fraction of sp³-hybridized carbons (Fsp3) is 0.545. The lowest BCUT2D eigenvalue weighted by Crippen LogP contribution is -2.25. The van der Waals surface area contributed by atoms with E-state index in [0.717, 1.165) is 49.4 Å². The third-order valence-electron chi connectivity index (χ3n) is 4.61. The number of carbonyl (C=O) groups is 1. The highest BCUT2D eigenvalue weighted by Gasteiger charge is 2.21. The van der Waals surface area contributed by atoms with Gasteiger partial charge in [0.15, 0.2) is 5.75 Å². The molecule has 0 amide bonds. The van der Waals surface area contributed by atoms with Crippen LogP contribution in [0.25, 0.3) is 10.9 Å². The third kappa shape index (κ3) is 5.27. The second-order valence-electron chi connectivity index (χ2n) is 6.85. The first kappa shape index (κ1) is 21.8. The monoisotopic (exact) mass is 389 g/mol. The van der Waals surface area contributed by atoms with E-state index in [1.807, 2.05) is 18.2 Å². The summed E-state index contributed by atoms with van der Waals surface area (Å²) in [5.41, 5.74) is 0.377. The normalized spacial score (nSPS) is 10.9. The zero-order chi connectivity index (χ0) is 20.5. The van der Waals surface area contributed by atoms with Gasteiger partial charge < -0.3 is 18.8 Å². The molecule has 6 heteroatoms. The van der Waals surface area contributed by atoms with E-state index in [1.54, 1.807) is 11.7 Å². The molecule has 1 heterocycles. The summed E-state index contributed by atoms with van der Waals surface area (Å²) in [5, 5.41) is 0.739. The topological polar surface area (TPSA) is 66.8 Å². The molecule has 154 valence electrons. The van der Waals surface area contributed by atoms with Crippen LogP contribution in [0, 0.1) is 0 Å². The second-order valence-corrected chi connectivity index (χ2v) is 6.85. The molecule has 0 radical (unpaired) electrons. The maximum absolute atomic E-state index is 13.2. The van der Waals surface area contributed by atoms with E-state index in [1.165, 1.54) is 6.92 Å². The van der Waals surface area contributed by atoms with Crippen LogP contribution in [0.5, 0.6) is 17.2 Å². The summed E-state index contributed by atoms with van der Waals surface area (Å²) in [7, 11) is 1.59. The average Bonchev–Trinajstić information content (AvgIpc) is 2.68. The van der Waals surface area contributed by atoms with Crippen LogP contribution in [0.2, 0.25) is 0 Å². The van der Waals surface area contributed by atoms with Gasteiger partial charge in [-0.25, -0.2) is 0 Å². The van der Waals surface area contributed by atoms with Crippen LogP contribution >= 0.6 is 0 Å². The molecule has 0 saturated carbocycles. The van der Waals surface area contributed by atoms with Crippen LogP contribution in [0.1, 0.15) is 59.3 Å². The maximum Gasteiger partial charge on any atom is 0.308 e. The van der Waals surface area contributed by atoms with Gasteiger partial charge in [-0.15, -0.1) is 0 Å². The van der Waals surface area contributed by atoms with Crippen molar-refractivity contribution < 1.29 is 19.0 Å². The molecular weight excluding hydrogens is 358 g/mol. The predicted molar refractivity (Wildman–Crippen MR) is 111 cm³/mol. The molecule has 0 atom stereocenters. The van der Waals surface area contributed by atoms with E-state index in [0.29, 0.717) is 24.7 Å². The lowest BCUT2D eigenvalue weighted by Gasteiger charge is -2.18. The first-order valence-electron chi connectivity index (χ1n) is 10.1. The fourth-order valence-electron chi connectivity index (χ4n) is 3.12. The number of fused-ring (bicyclic) bond motifs is 1. The number of benzene rings is 1. The molecule has 2 rings (SSSR count). The number of nitrogens with zero attached hydrogens (tertiary/aromatic N) is 1. The first-order chi connectivity index (χ1) is 13.5. The van der Waals surface area contributed by atoms with Gasteiger partial charge in [-0.1, -0.05) is 39.5 Å². The summed E-state index contributed by atoms with van der Waals surface area (Å²) in [5.74, 6) is 0.421. The highest BCUT2D eigenvalue weighted by molar-refractivity contribution is 5.90. The predicted octanol–water partition coefficient (Wildman–Crippen LogP) is 4.69. The van der Waals surface area contributed by atoms with Crippen molar-refractivity contribution in [3.05, 3.63) is 28.6 Å². The molecule has 0 aliphatic heterocycles. The van der Waals surface area contributed by atoms with Gasteiger partial charge in [0.1, 0.15) is 5.75 Å². The Morgan fingerprint density at radius 2 is 1.79 bits per heavy atom. The molecule has 0 fully saturated rings. The van der Waals surface area contributed by atoms with E-state index < -0.39 is 5.97 Å². The Morgan fingerprint density at radius 3 is 2.43 bits per heavy atom. The van der Waals surface area contributed by atoms with Gasteiger partial charge >= 0.3 is 5.97 Å². The average molecular weight is 389 g/mol. The van der Waals surface area contributed by atoms with Crippen LogP contribution in [0.15, 0.2) is 23.0 Å². The van der Waals surface area contributed by atoms with Crippen molar-refractivity contribution in [3.8, 4) is 17.2 Å². The molecule has 6 nitrogen and oxygen atoms in total. The van der Waals surface area contributed by atoms with Gasteiger partial charge in [-0.3, -0.25) is 9.59 Å². The fourth-order valence-corrected chi connectivity index (χ4v) is 3.12. The molecule has 2 aromatic rings. The lowest BCUT2D eigenvalue weighted by atomic mass is 10.1. The van der Waals surface area contributed by atoms with Gasteiger partial charge in [0, 0.05) is 24.9 Å². The molecule has 0 spiro atoms. The van der Waals surface area contributed by atoms with Gasteiger partial charge in [0.05, 0.1) is 19.2 Å². The number of esters is 1. The van der Waals surface area contributed by atoms with Crippen molar-refractivity contribution in [2.24, 2.45) is 0 Å². The number of rotatable bonds is 11. The number of aromatic nitrogens is 1.